The van der Waals surface area contributed by atoms with Crippen LogP contribution in [0.25, 0.3) is 0 Å². The number of hydrogen-bond donors (Lipinski definition) is 2. The SMILES string of the molecule is O=C(COc1ccccc1[C@H]1c2sc(=O)[nH]c2SC2C1[C@H]1C[C@@H]2C2C(=O)N(c3ccccc3)C(=O)C21)Nc1ccc(F)cc1. The lowest BCUT2D eigenvalue weighted by Gasteiger charge is -2.43. The first-order valence-electron chi connectivity index (χ1n) is 14.5. The standard InChI is InChI=1S/C33H26FN3O5S2/c34-16-10-12-17(13-11-16)35-23(38)15-42-22-9-5-4-8-19(22)24-25-20-14-21(28(25)43-30-29(24)44-33(41)36-30)27-26(20)31(39)37(32(27)40)18-6-2-1-3-7-18/h1-13,20-21,24-28H,14-15H2,(H,35,38)(H,36,41)/t20-,21-,24-,25?,26?,27?,28?/m1/s1. The van der Waals surface area contributed by atoms with E-state index in [0.29, 0.717) is 17.1 Å². The van der Waals surface area contributed by atoms with Gasteiger partial charge >= 0.3 is 4.87 Å². The highest BCUT2D eigenvalue weighted by Crippen LogP contribution is 2.69. The number of H-pyrrole nitrogens is 1. The van der Waals surface area contributed by atoms with Crippen molar-refractivity contribution >= 4 is 52.2 Å². The van der Waals surface area contributed by atoms with Gasteiger partial charge in [0.1, 0.15) is 11.6 Å². The van der Waals surface area contributed by atoms with Crippen LogP contribution in [0.5, 0.6) is 5.75 Å². The summed E-state index contributed by atoms with van der Waals surface area (Å²) in [5.41, 5.74) is 1.90. The molecule has 2 N–H and O–H groups in total. The number of aromatic nitrogens is 1. The zero-order chi connectivity index (χ0) is 30.1. The second-order valence-electron chi connectivity index (χ2n) is 11.7. The molecule has 11 heteroatoms. The highest BCUT2D eigenvalue weighted by atomic mass is 32.2. The van der Waals surface area contributed by atoms with Gasteiger partial charge in [-0.05, 0) is 66.6 Å². The Morgan fingerprint density at radius 2 is 1.64 bits per heavy atom. The second kappa shape index (κ2) is 10.4. The fraction of sp³-hybridized carbons (Fsp3) is 0.273. The highest BCUT2D eigenvalue weighted by molar-refractivity contribution is 8.00. The molecule has 2 saturated carbocycles. The van der Waals surface area contributed by atoms with Crippen LogP contribution in [0.4, 0.5) is 15.8 Å². The molecule has 7 atom stereocenters. The Balaban J connectivity index is 1.12. The zero-order valence-corrected chi connectivity index (χ0v) is 24.8. The summed E-state index contributed by atoms with van der Waals surface area (Å²) in [5.74, 6) is -1.64. The van der Waals surface area contributed by atoms with Gasteiger partial charge in [-0.1, -0.05) is 47.7 Å². The first-order valence-corrected chi connectivity index (χ1v) is 16.2. The van der Waals surface area contributed by atoms with E-state index >= 15 is 0 Å². The lowest BCUT2D eigenvalue weighted by molar-refractivity contribution is -0.123. The van der Waals surface area contributed by atoms with Crippen LogP contribution >= 0.6 is 23.1 Å². The highest BCUT2D eigenvalue weighted by Gasteiger charge is 2.69. The molecule has 1 saturated heterocycles. The van der Waals surface area contributed by atoms with Crippen LogP contribution in [0.3, 0.4) is 0 Å². The Bertz CT molecular complexity index is 1860. The maximum atomic E-state index is 13.9. The van der Waals surface area contributed by atoms with Crippen molar-refractivity contribution in [2.75, 3.05) is 16.8 Å². The molecule has 0 radical (unpaired) electrons. The lowest BCUT2D eigenvalue weighted by atomic mass is 9.68. The number of carbonyl (C=O) groups excluding carboxylic acids is 3. The third-order valence-corrected chi connectivity index (χ3v) is 12.1. The summed E-state index contributed by atoms with van der Waals surface area (Å²) >= 11 is 2.80. The number of rotatable bonds is 6. The topological polar surface area (TPSA) is 109 Å². The van der Waals surface area contributed by atoms with Crippen molar-refractivity contribution < 1.29 is 23.5 Å². The van der Waals surface area contributed by atoms with E-state index in [1.54, 1.807) is 23.9 Å². The number of hydrogen-bond acceptors (Lipinski definition) is 7. The summed E-state index contributed by atoms with van der Waals surface area (Å²) in [7, 11) is 0. The molecule has 8 rings (SSSR count). The molecule has 3 aromatic carbocycles. The number of thioether (sulfide) groups is 1. The second-order valence-corrected chi connectivity index (χ2v) is 13.9. The van der Waals surface area contributed by atoms with E-state index in [0.717, 1.165) is 21.9 Å². The van der Waals surface area contributed by atoms with Crippen molar-refractivity contribution in [1.29, 1.82) is 0 Å². The number of amides is 3. The van der Waals surface area contributed by atoms with Crippen molar-refractivity contribution in [1.82, 2.24) is 4.98 Å². The van der Waals surface area contributed by atoms with Crippen molar-refractivity contribution in [3.05, 3.63) is 105 Å². The lowest BCUT2D eigenvalue weighted by Crippen LogP contribution is -2.42. The number of halogens is 1. The zero-order valence-electron chi connectivity index (χ0n) is 23.1. The van der Waals surface area contributed by atoms with E-state index < -0.39 is 17.6 Å². The molecule has 3 heterocycles. The molecular weight excluding hydrogens is 602 g/mol. The first-order chi connectivity index (χ1) is 21.4. The minimum Gasteiger partial charge on any atom is -0.483 e. The van der Waals surface area contributed by atoms with Gasteiger partial charge in [0.2, 0.25) is 11.8 Å². The van der Waals surface area contributed by atoms with E-state index in [2.05, 4.69) is 10.3 Å². The third-order valence-electron chi connectivity index (χ3n) is 9.48. The van der Waals surface area contributed by atoms with Crippen LogP contribution in [-0.2, 0) is 14.4 Å². The molecular formula is C33H26FN3O5S2. The Kier molecular flexibility index (Phi) is 6.49. The van der Waals surface area contributed by atoms with Gasteiger partial charge in [-0.25, -0.2) is 4.39 Å². The molecule has 44 heavy (non-hydrogen) atoms. The number of nitrogens with zero attached hydrogens (tertiary/aromatic N) is 1. The van der Waals surface area contributed by atoms with Crippen LogP contribution < -0.4 is 19.8 Å². The van der Waals surface area contributed by atoms with E-state index in [1.165, 1.54) is 40.5 Å². The molecule has 0 spiro atoms. The molecule has 4 aromatic rings. The predicted molar refractivity (Wildman–Crippen MR) is 164 cm³/mol. The number of carbonyl (C=O) groups is 3. The van der Waals surface area contributed by atoms with Crippen LogP contribution in [0.15, 0.2) is 88.7 Å². The number of thiazole rings is 1. The van der Waals surface area contributed by atoms with Gasteiger partial charge < -0.3 is 15.0 Å². The van der Waals surface area contributed by atoms with E-state index in [1.807, 2.05) is 42.5 Å². The van der Waals surface area contributed by atoms with Crippen LogP contribution in [0.1, 0.15) is 22.8 Å². The first kappa shape index (κ1) is 27.3. The third kappa shape index (κ3) is 4.24. The summed E-state index contributed by atoms with van der Waals surface area (Å²) in [6, 6.07) is 22.1. The predicted octanol–water partition coefficient (Wildman–Crippen LogP) is 5.27. The summed E-state index contributed by atoms with van der Waals surface area (Å²) in [6.07, 6.45) is 0.774. The van der Waals surface area contributed by atoms with Gasteiger partial charge in [-0.15, -0.1) is 11.8 Å². The van der Waals surface area contributed by atoms with Gasteiger partial charge in [-0.2, -0.15) is 0 Å². The number of ether oxygens (including phenoxy) is 1. The fourth-order valence-electron chi connectivity index (χ4n) is 7.94. The van der Waals surface area contributed by atoms with Crippen LogP contribution in [0, 0.1) is 35.4 Å². The largest absolute Gasteiger partial charge is 0.483 e. The number of anilines is 2. The van der Waals surface area contributed by atoms with Gasteiger partial charge in [0.15, 0.2) is 6.61 Å². The summed E-state index contributed by atoms with van der Waals surface area (Å²) in [6.45, 7) is -0.268. The molecule has 4 aliphatic rings. The van der Waals surface area contributed by atoms with E-state index in [4.69, 9.17) is 4.74 Å². The molecule has 8 nitrogen and oxygen atoms in total. The van der Waals surface area contributed by atoms with Crippen LogP contribution in [-0.4, -0.2) is 34.6 Å². The molecule has 1 aromatic heterocycles. The normalized spacial score (nSPS) is 28.0. The summed E-state index contributed by atoms with van der Waals surface area (Å²) < 4.78 is 19.4. The summed E-state index contributed by atoms with van der Waals surface area (Å²) in [5, 5.41) is 3.55. The van der Waals surface area contributed by atoms with Crippen molar-refractivity contribution in [2.24, 2.45) is 29.6 Å². The van der Waals surface area contributed by atoms with E-state index in [9.17, 15) is 23.6 Å². The Hall–Kier alpha value is -4.22. The summed E-state index contributed by atoms with van der Waals surface area (Å²) in [4.78, 5) is 58.2. The molecule has 3 fully saturated rings. The number of para-hydroxylation sites is 2. The van der Waals surface area contributed by atoms with Gasteiger partial charge in [0.05, 0.1) is 22.5 Å². The maximum Gasteiger partial charge on any atom is 0.305 e. The minimum atomic E-state index is -0.413. The fourth-order valence-corrected chi connectivity index (χ4v) is 10.8. The number of imide groups is 1. The minimum absolute atomic E-state index is 0.00113. The molecule has 222 valence electrons. The van der Waals surface area contributed by atoms with Gasteiger partial charge in [-0.3, -0.25) is 24.1 Å². The van der Waals surface area contributed by atoms with Crippen molar-refractivity contribution in [3.63, 3.8) is 0 Å². The molecule has 2 aliphatic carbocycles. The number of benzene rings is 3. The average Bonchev–Trinajstić information content (AvgIpc) is 3.76. The smallest absolute Gasteiger partial charge is 0.305 e. The maximum absolute atomic E-state index is 13.9. The molecule has 4 unspecified atom stereocenters. The monoisotopic (exact) mass is 627 g/mol. The van der Waals surface area contributed by atoms with Crippen molar-refractivity contribution in [2.45, 2.75) is 22.6 Å². The molecule has 2 bridgehead atoms. The Morgan fingerprint density at radius 1 is 0.932 bits per heavy atom. The van der Waals surface area contributed by atoms with Gasteiger partial charge in [0.25, 0.3) is 5.91 Å². The average molecular weight is 628 g/mol. The number of nitrogens with one attached hydrogen (secondary N) is 2. The number of fused-ring (bicyclic) bond motifs is 9. The van der Waals surface area contributed by atoms with Crippen molar-refractivity contribution in [3.8, 4) is 5.75 Å². The quantitative estimate of drug-likeness (QED) is 0.282. The Labute approximate surface area is 259 Å². The Morgan fingerprint density at radius 3 is 2.41 bits per heavy atom. The van der Waals surface area contributed by atoms with Gasteiger partial charge in [0, 0.05) is 27.3 Å². The van der Waals surface area contributed by atoms with E-state index in [-0.39, 0.29) is 58.1 Å². The molecule has 2 aliphatic heterocycles. The molecule has 3 amide bonds. The number of aromatic amines is 1. The van der Waals surface area contributed by atoms with Crippen LogP contribution in [0.2, 0.25) is 0 Å².